The van der Waals surface area contributed by atoms with Crippen LogP contribution in [0.4, 0.5) is 4.79 Å². The number of carboxylic acid groups (broad SMARTS) is 1. The molecule has 5 heteroatoms. The van der Waals surface area contributed by atoms with Crippen molar-refractivity contribution in [2.45, 2.75) is 0 Å². The Morgan fingerprint density at radius 2 is 2.67 bits per heavy atom. The van der Waals surface area contributed by atoms with Crippen molar-refractivity contribution in [3.05, 3.63) is 12.3 Å². The van der Waals surface area contributed by atoms with Crippen molar-refractivity contribution in [2.24, 2.45) is 0 Å². The maximum atomic E-state index is 9.80. The highest BCUT2D eigenvalue weighted by molar-refractivity contribution is 5.60. The van der Waals surface area contributed by atoms with E-state index < -0.39 is 6.16 Å². The second kappa shape index (κ2) is 2.17. The van der Waals surface area contributed by atoms with E-state index in [2.05, 4.69) is 14.9 Å². The molecule has 0 unspecified atom stereocenters. The van der Waals surface area contributed by atoms with Gasteiger partial charge < -0.3 is 9.84 Å². The predicted octanol–water partition coefficient (Wildman–Crippen LogP) is 0.466. The number of nitrogens with one attached hydrogen (secondary N) is 1. The summed E-state index contributed by atoms with van der Waals surface area (Å²) in [5, 5.41) is 13.8. The third-order valence-corrected chi connectivity index (χ3v) is 0.672. The van der Waals surface area contributed by atoms with Gasteiger partial charge in [-0.25, -0.2) is 9.89 Å². The quantitative estimate of drug-likeness (QED) is 0.539. The predicted molar refractivity (Wildman–Crippen MR) is 27.2 cm³/mol. The van der Waals surface area contributed by atoms with Crippen molar-refractivity contribution in [3.63, 3.8) is 0 Å². The van der Waals surface area contributed by atoms with Crippen LogP contribution in [0.2, 0.25) is 0 Å². The van der Waals surface area contributed by atoms with E-state index in [4.69, 9.17) is 5.11 Å². The lowest BCUT2D eigenvalue weighted by Gasteiger charge is -1.89. The van der Waals surface area contributed by atoms with Crippen molar-refractivity contribution >= 4 is 6.16 Å². The van der Waals surface area contributed by atoms with E-state index in [1.807, 2.05) is 0 Å². The van der Waals surface area contributed by atoms with Gasteiger partial charge in [0.15, 0.2) is 0 Å². The van der Waals surface area contributed by atoms with Crippen LogP contribution < -0.4 is 4.74 Å². The Bertz CT molecular complexity index is 194. The minimum absolute atomic E-state index is 0.127. The molecule has 0 amide bonds. The molecule has 2 N–H and O–H groups in total. The number of rotatable bonds is 1. The Balaban J connectivity index is 2.58. The fraction of sp³-hybridized carbons (Fsp3) is 0. The molecule has 1 heterocycles. The first-order valence-corrected chi connectivity index (χ1v) is 2.19. The number of aromatic amines is 1. The number of aromatic nitrogens is 2. The summed E-state index contributed by atoms with van der Waals surface area (Å²) in [4.78, 5) is 9.80. The molecule has 5 nitrogen and oxygen atoms in total. The van der Waals surface area contributed by atoms with Crippen LogP contribution in [0, 0.1) is 0 Å². The number of carbonyl (C=O) groups is 1. The van der Waals surface area contributed by atoms with Gasteiger partial charge in [-0.15, -0.1) is 0 Å². The Labute approximate surface area is 50.3 Å². The van der Waals surface area contributed by atoms with Gasteiger partial charge in [0.25, 0.3) is 0 Å². The molecule has 0 aliphatic carbocycles. The molecule has 0 spiro atoms. The lowest BCUT2D eigenvalue weighted by Crippen LogP contribution is -2.02. The topological polar surface area (TPSA) is 75.2 Å². The molecule has 0 saturated heterocycles. The lowest BCUT2D eigenvalue weighted by molar-refractivity contribution is 0.142. The van der Waals surface area contributed by atoms with Crippen LogP contribution in [-0.4, -0.2) is 21.5 Å². The van der Waals surface area contributed by atoms with Gasteiger partial charge in [-0.05, 0) is 0 Å². The van der Waals surface area contributed by atoms with Gasteiger partial charge in [0.2, 0.25) is 5.88 Å². The van der Waals surface area contributed by atoms with Gasteiger partial charge in [-0.2, -0.15) is 5.10 Å². The van der Waals surface area contributed by atoms with Gasteiger partial charge in [-0.3, -0.25) is 0 Å². The van der Waals surface area contributed by atoms with Crippen molar-refractivity contribution in [1.82, 2.24) is 10.2 Å². The zero-order valence-corrected chi connectivity index (χ0v) is 4.37. The van der Waals surface area contributed by atoms with Crippen LogP contribution in [0.1, 0.15) is 0 Å². The minimum Gasteiger partial charge on any atom is -0.449 e. The Morgan fingerprint density at radius 1 is 1.89 bits per heavy atom. The lowest BCUT2D eigenvalue weighted by atomic mass is 10.7. The first-order chi connectivity index (χ1) is 4.29. The summed E-state index contributed by atoms with van der Waals surface area (Å²) < 4.78 is 4.15. The maximum Gasteiger partial charge on any atom is 0.512 e. The molecular weight excluding hydrogens is 124 g/mol. The molecule has 0 bridgehead atoms. The molecule has 48 valence electrons. The largest absolute Gasteiger partial charge is 0.512 e. The van der Waals surface area contributed by atoms with Gasteiger partial charge in [0, 0.05) is 6.07 Å². The van der Waals surface area contributed by atoms with E-state index in [9.17, 15) is 4.79 Å². The first-order valence-electron chi connectivity index (χ1n) is 2.19. The molecule has 0 saturated carbocycles. The van der Waals surface area contributed by atoms with Gasteiger partial charge in [-0.1, -0.05) is 0 Å². The normalized spacial score (nSPS) is 8.89. The average molecular weight is 128 g/mol. The number of hydrogen-bond acceptors (Lipinski definition) is 3. The second-order valence-corrected chi connectivity index (χ2v) is 1.29. The molecule has 1 rings (SSSR count). The van der Waals surface area contributed by atoms with Crippen LogP contribution in [0.15, 0.2) is 12.3 Å². The number of H-pyrrole nitrogens is 1. The van der Waals surface area contributed by atoms with Crippen molar-refractivity contribution in [3.8, 4) is 5.88 Å². The standard InChI is InChI=1S/C4H4N2O3/c7-4(8)9-3-1-2-5-6-3/h1-2H,(H,5,6)(H,7,8). The minimum atomic E-state index is -1.35. The van der Waals surface area contributed by atoms with Crippen LogP contribution >= 0.6 is 0 Å². The third-order valence-electron chi connectivity index (χ3n) is 0.672. The Morgan fingerprint density at radius 3 is 3.11 bits per heavy atom. The molecule has 0 aliphatic heterocycles. The van der Waals surface area contributed by atoms with Gasteiger partial charge in [0.1, 0.15) is 0 Å². The molecule has 9 heavy (non-hydrogen) atoms. The van der Waals surface area contributed by atoms with E-state index in [1.54, 1.807) is 0 Å². The molecule has 0 radical (unpaired) electrons. The van der Waals surface area contributed by atoms with Crippen molar-refractivity contribution in [2.75, 3.05) is 0 Å². The van der Waals surface area contributed by atoms with Crippen molar-refractivity contribution < 1.29 is 14.6 Å². The number of nitrogens with zero attached hydrogens (tertiary/aromatic N) is 1. The molecule has 0 aromatic carbocycles. The Kier molecular flexibility index (Phi) is 1.35. The highest BCUT2D eigenvalue weighted by atomic mass is 16.7. The highest BCUT2D eigenvalue weighted by Gasteiger charge is 1.98. The highest BCUT2D eigenvalue weighted by Crippen LogP contribution is 2.00. The molecule has 0 atom stereocenters. The van der Waals surface area contributed by atoms with E-state index >= 15 is 0 Å². The maximum absolute atomic E-state index is 9.80. The molecule has 0 fully saturated rings. The van der Waals surface area contributed by atoms with Crippen molar-refractivity contribution in [1.29, 1.82) is 0 Å². The fourth-order valence-electron chi connectivity index (χ4n) is 0.394. The van der Waals surface area contributed by atoms with Crippen LogP contribution in [0.5, 0.6) is 5.88 Å². The van der Waals surface area contributed by atoms with Crippen LogP contribution in [0.25, 0.3) is 0 Å². The molecule has 1 aromatic heterocycles. The van der Waals surface area contributed by atoms with E-state index in [-0.39, 0.29) is 5.88 Å². The average Bonchev–Trinajstić information content (AvgIpc) is 2.15. The Hall–Kier alpha value is -1.52. The summed E-state index contributed by atoms with van der Waals surface area (Å²) in [7, 11) is 0. The second-order valence-electron chi connectivity index (χ2n) is 1.29. The summed E-state index contributed by atoms with van der Waals surface area (Å²) >= 11 is 0. The molecular formula is C4H4N2O3. The zero-order valence-electron chi connectivity index (χ0n) is 4.37. The van der Waals surface area contributed by atoms with Crippen LogP contribution in [-0.2, 0) is 0 Å². The van der Waals surface area contributed by atoms with Gasteiger partial charge in [0.05, 0.1) is 6.20 Å². The summed E-state index contributed by atoms with van der Waals surface area (Å²) in [5.41, 5.74) is 0. The summed E-state index contributed by atoms with van der Waals surface area (Å²) in [5.74, 6) is 0.127. The first kappa shape index (κ1) is 5.61. The van der Waals surface area contributed by atoms with E-state index in [0.29, 0.717) is 0 Å². The smallest absolute Gasteiger partial charge is 0.449 e. The number of ether oxygens (including phenoxy) is 1. The summed E-state index contributed by atoms with van der Waals surface area (Å²) in [6.45, 7) is 0. The molecule has 1 aromatic rings. The zero-order chi connectivity index (χ0) is 6.69. The fourth-order valence-corrected chi connectivity index (χ4v) is 0.394. The van der Waals surface area contributed by atoms with Gasteiger partial charge >= 0.3 is 6.16 Å². The third kappa shape index (κ3) is 1.45. The summed E-state index contributed by atoms with van der Waals surface area (Å²) in [6, 6.07) is 1.41. The summed E-state index contributed by atoms with van der Waals surface area (Å²) in [6.07, 6.45) is 0.0531. The van der Waals surface area contributed by atoms with E-state index in [1.165, 1.54) is 12.3 Å². The molecule has 0 aliphatic rings. The SMILES string of the molecule is O=C(O)Oc1ccn[nH]1. The van der Waals surface area contributed by atoms with E-state index in [0.717, 1.165) is 0 Å². The number of hydrogen-bond donors (Lipinski definition) is 2. The monoisotopic (exact) mass is 128 g/mol. The van der Waals surface area contributed by atoms with Crippen LogP contribution in [0.3, 0.4) is 0 Å².